The summed E-state index contributed by atoms with van der Waals surface area (Å²) < 4.78 is 4.96. The summed E-state index contributed by atoms with van der Waals surface area (Å²) in [6, 6.07) is 0. The topological polar surface area (TPSA) is 38.3 Å². The molecule has 0 amide bonds. The van der Waals surface area contributed by atoms with Crippen LogP contribution in [0.2, 0.25) is 0 Å². The highest BCUT2D eigenvalue weighted by atomic mass is 16.5. The van der Waals surface area contributed by atoms with Crippen molar-refractivity contribution in [3.05, 3.63) is 0 Å². The third-order valence-electron chi connectivity index (χ3n) is 4.36. The maximum absolute atomic E-state index is 11.9. The maximum Gasteiger partial charge on any atom is 0.326 e. The molecule has 1 aliphatic carbocycles. The lowest BCUT2D eigenvalue weighted by Crippen LogP contribution is -2.50. The van der Waals surface area contributed by atoms with Gasteiger partial charge in [-0.05, 0) is 44.1 Å². The molecule has 0 radical (unpaired) electrons. The van der Waals surface area contributed by atoms with Gasteiger partial charge in [0.05, 0.1) is 7.11 Å². The van der Waals surface area contributed by atoms with Gasteiger partial charge in [0.15, 0.2) is 0 Å². The normalized spacial score (nSPS) is 30.8. The molecule has 100 valence electrons. The molecule has 0 aliphatic heterocycles. The molecule has 0 heterocycles. The van der Waals surface area contributed by atoms with Gasteiger partial charge in [-0.25, -0.2) is 0 Å². The van der Waals surface area contributed by atoms with E-state index in [-0.39, 0.29) is 5.97 Å². The number of ether oxygens (including phenoxy) is 1. The van der Waals surface area contributed by atoms with Crippen LogP contribution in [0.15, 0.2) is 0 Å². The lowest BCUT2D eigenvalue weighted by atomic mass is 9.76. The van der Waals surface area contributed by atoms with Gasteiger partial charge in [0.1, 0.15) is 5.54 Å². The van der Waals surface area contributed by atoms with E-state index in [1.54, 1.807) is 0 Å². The van der Waals surface area contributed by atoms with Crippen molar-refractivity contribution in [2.45, 2.75) is 58.4 Å². The van der Waals surface area contributed by atoms with Gasteiger partial charge in [0, 0.05) is 0 Å². The fourth-order valence-electron chi connectivity index (χ4n) is 2.96. The minimum absolute atomic E-state index is 0.102. The number of likely N-dealkylation sites (N-methyl/N-ethyl adjacent to an activating group) is 1. The Morgan fingerprint density at radius 1 is 1.29 bits per heavy atom. The molecule has 1 N–H and O–H groups in total. The van der Waals surface area contributed by atoms with Crippen LogP contribution in [0, 0.1) is 11.3 Å². The number of methoxy groups -OCH3 is 1. The molecule has 0 saturated heterocycles. The molecule has 2 unspecified atom stereocenters. The van der Waals surface area contributed by atoms with Crippen LogP contribution in [-0.4, -0.2) is 25.7 Å². The number of carbonyl (C=O) groups is 1. The van der Waals surface area contributed by atoms with Crippen LogP contribution in [0.5, 0.6) is 0 Å². The van der Waals surface area contributed by atoms with E-state index in [4.69, 9.17) is 4.74 Å². The van der Waals surface area contributed by atoms with Crippen LogP contribution in [0.25, 0.3) is 0 Å². The van der Waals surface area contributed by atoms with Crippen LogP contribution < -0.4 is 5.32 Å². The first-order valence-electron chi connectivity index (χ1n) is 6.63. The van der Waals surface area contributed by atoms with Crippen molar-refractivity contribution < 1.29 is 9.53 Å². The van der Waals surface area contributed by atoms with E-state index in [0.29, 0.717) is 11.3 Å². The van der Waals surface area contributed by atoms with Gasteiger partial charge in [0.25, 0.3) is 0 Å². The van der Waals surface area contributed by atoms with Crippen LogP contribution >= 0.6 is 0 Å². The van der Waals surface area contributed by atoms with E-state index in [0.717, 1.165) is 25.7 Å². The Kier molecular flexibility index (Phi) is 4.59. The van der Waals surface area contributed by atoms with Gasteiger partial charge in [0.2, 0.25) is 0 Å². The maximum atomic E-state index is 11.9. The van der Waals surface area contributed by atoms with Gasteiger partial charge in [-0.1, -0.05) is 27.2 Å². The summed E-state index contributed by atoms with van der Waals surface area (Å²) in [5.74, 6) is 0.594. The summed E-state index contributed by atoms with van der Waals surface area (Å²) in [6.07, 6.45) is 5.18. The molecular weight excluding hydrogens is 214 g/mol. The average molecular weight is 241 g/mol. The molecule has 2 atom stereocenters. The monoisotopic (exact) mass is 241 g/mol. The number of carbonyl (C=O) groups excluding carboxylic acids is 1. The Hall–Kier alpha value is -0.570. The molecule has 1 fully saturated rings. The lowest BCUT2D eigenvalue weighted by molar-refractivity contribution is -0.149. The molecule has 0 spiro atoms. The van der Waals surface area contributed by atoms with Gasteiger partial charge >= 0.3 is 5.97 Å². The Morgan fingerprint density at radius 2 is 1.94 bits per heavy atom. The zero-order valence-electron chi connectivity index (χ0n) is 11.9. The predicted octanol–water partition coefficient (Wildman–Crippen LogP) is 2.74. The van der Waals surface area contributed by atoms with Gasteiger partial charge in [-0.2, -0.15) is 0 Å². The van der Waals surface area contributed by atoms with Crippen LogP contribution in [-0.2, 0) is 9.53 Å². The lowest BCUT2D eigenvalue weighted by Gasteiger charge is -2.31. The summed E-state index contributed by atoms with van der Waals surface area (Å²) in [7, 11) is 3.35. The predicted molar refractivity (Wildman–Crippen MR) is 69.8 cm³/mol. The molecule has 0 aromatic carbocycles. The summed E-state index contributed by atoms with van der Waals surface area (Å²) in [5.41, 5.74) is -0.116. The third-order valence-corrected chi connectivity index (χ3v) is 4.36. The first kappa shape index (κ1) is 14.5. The Bertz CT molecular complexity index is 270. The molecule has 1 rings (SSSR count). The Labute approximate surface area is 105 Å². The molecule has 0 aromatic rings. The van der Waals surface area contributed by atoms with Crippen molar-refractivity contribution >= 4 is 5.97 Å². The van der Waals surface area contributed by atoms with Crippen LogP contribution in [0.4, 0.5) is 0 Å². The van der Waals surface area contributed by atoms with E-state index in [2.05, 4.69) is 26.1 Å². The second-order valence-electron chi connectivity index (χ2n) is 6.32. The molecule has 0 bridgehead atoms. The second kappa shape index (κ2) is 5.38. The van der Waals surface area contributed by atoms with Crippen LogP contribution in [0.3, 0.4) is 0 Å². The van der Waals surface area contributed by atoms with Crippen molar-refractivity contribution in [1.82, 2.24) is 5.32 Å². The van der Waals surface area contributed by atoms with Gasteiger partial charge in [-0.15, -0.1) is 0 Å². The summed E-state index contributed by atoms with van der Waals surface area (Å²) in [6.45, 7) is 6.88. The molecule has 1 saturated carbocycles. The van der Waals surface area contributed by atoms with Crippen molar-refractivity contribution in [1.29, 1.82) is 0 Å². The highest BCUT2D eigenvalue weighted by molar-refractivity contribution is 5.80. The van der Waals surface area contributed by atoms with E-state index < -0.39 is 5.54 Å². The van der Waals surface area contributed by atoms with E-state index in [9.17, 15) is 4.79 Å². The Morgan fingerprint density at radius 3 is 2.41 bits per heavy atom. The molecule has 17 heavy (non-hydrogen) atoms. The second-order valence-corrected chi connectivity index (χ2v) is 6.32. The highest BCUT2D eigenvalue weighted by Crippen LogP contribution is 2.39. The number of rotatable bonds is 2. The number of hydrogen-bond acceptors (Lipinski definition) is 3. The van der Waals surface area contributed by atoms with Crippen LogP contribution in [0.1, 0.15) is 52.9 Å². The van der Waals surface area contributed by atoms with E-state index in [1.807, 2.05) is 7.05 Å². The smallest absolute Gasteiger partial charge is 0.326 e. The van der Waals surface area contributed by atoms with Crippen molar-refractivity contribution in [2.24, 2.45) is 11.3 Å². The van der Waals surface area contributed by atoms with E-state index in [1.165, 1.54) is 13.5 Å². The quantitative estimate of drug-likeness (QED) is 0.597. The first-order chi connectivity index (χ1) is 7.85. The standard InChI is InChI=1S/C14H27NO2/c1-13(2,3)11-7-6-9-14(15-4,10-8-11)12(16)17-5/h11,15H,6-10H2,1-5H3. The average Bonchev–Trinajstić information content (AvgIpc) is 2.50. The molecule has 0 aromatic heterocycles. The van der Waals surface area contributed by atoms with E-state index >= 15 is 0 Å². The highest BCUT2D eigenvalue weighted by Gasteiger charge is 2.41. The zero-order chi connectivity index (χ0) is 13.1. The SMILES string of the molecule is CNC1(C(=O)OC)CCCC(C(C)(C)C)CC1. The fourth-order valence-corrected chi connectivity index (χ4v) is 2.96. The summed E-state index contributed by atoms with van der Waals surface area (Å²) >= 11 is 0. The molecule has 1 aliphatic rings. The summed E-state index contributed by atoms with van der Waals surface area (Å²) in [4.78, 5) is 11.9. The molecular formula is C14H27NO2. The molecule has 3 heteroatoms. The fraction of sp³-hybridized carbons (Fsp3) is 0.929. The number of nitrogens with one attached hydrogen (secondary N) is 1. The zero-order valence-corrected chi connectivity index (χ0v) is 11.9. The first-order valence-corrected chi connectivity index (χ1v) is 6.63. The van der Waals surface area contributed by atoms with Gasteiger partial charge in [-0.3, -0.25) is 4.79 Å². The third kappa shape index (κ3) is 3.21. The van der Waals surface area contributed by atoms with Crippen molar-refractivity contribution in [3.8, 4) is 0 Å². The molecule has 3 nitrogen and oxygen atoms in total. The number of hydrogen-bond donors (Lipinski definition) is 1. The van der Waals surface area contributed by atoms with Gasteiger partial charge < -0.3 is 10.1 Å². The number of esters is 1. The van der Waals surface area contributed by atoms with Crippen molar-refractivity contribution in [3.63, 3.8) is 0 Å². The summed E-state index contributed by atoms with van der Waals surface area (Å²) in [5, 5.41) is 3.21. The van der Waals surface area contributed by atoms with Crippen molar-refractivity contribution in [2.75, 3.05) is 14.2 Å². The Balaban J connectivity index is 2.78. The minimum atomic E-state index is -0.450. The minimum Gasteiger partial charge on any atom is -0.468 e. The largest absolute Gasteiger partial charge is 0.468 e.